The Morgan fingerprint density at radius 3 is 1.41 bits per heavy atom. The third-order valence-electron chi connectivity index (χ3n) is 1.54. The van der Waals surface area contributed by atoms with E-state index in [1.165, 1.54) is 0 Å². The van der Waals surface area contributed by atoms with Gasteiger partial charge in [0.2, 0.25) is 0 Å². The quantitative estimate of drug-likeness (QED) is 0.645. The van der Waals surface area contributed by atoms with Crippen LogP contribution in [0.4, 0.5) is 0 Å². The third-order valence-corrected chi connectivity index (χ3v) is 1.54. The Kier molecular flexibility index (Phi) is 7.76. The molecule has 2 heterocycles. The van der Waals surface area contributed by atoms with E-state index in [9.17, 15) is 9.59 Å². The van der Waals surface area contributed by atoms with Gasteiger partial charge in [0.05, 0.1) is 13.1 Å². The minimum atomic E-state index is -1.08. The molecule has 0 saturated heterocycles. The van der Waals surface area contributed by atoms with Gasteiger partial charge in [-0.1, -0.05) is 0 Å². The predicted molar refractivity (Wildman–Crippen MR) is 51.8 cm³/mol. The van der Waals surface area contributed by atoms with Crippen LogP contribution in [0.5, 0.6) is 0 Å². The largest absolute Gasteiger partial charge is 0.474 e. The maximum absolute atomic E-state index is 9.95. The molecule has 9 heteroatoms. The first-order chi connectivity index (χ1) is 7.61. The number of hydrogen-bond donors (Lipinski definition) is 2. The van der Waals surface area contributed by atoms with Crippen LogP contribution in [-0.2, 0) is 19.1 Å². The topological polar surface area (TPSA) is 118 Å². The van der Waals surface area contributed by atoms with Crippen LogP contribution < -0.4 is 0 Å². The van der Waals surface area contributed by atoms with Crippen LogP contribution in [0.15, 0.2) is 9.98 Å². The standard InChI is InChI=1S/2C4H5NO3.La/c2*6-4(7)3-5-1-2-8-3;/h2*1-2H2,(H,6,7);. The number of hydrogen-bond acceptors (Lipinski definition) is 6. The molecule has 2 aliphatic heterocycles. The molecule has 0 aromatic carbocycles. The predicted octanol–water partition coefficient (Wildman–Crippen LogP) is -1.00. The Morgan fingerprint density at radius 2 is 1.29 bits per heavy atom. The van der Waals surface area contributed by atoms with Crippen molar-refractivity contribution >= 4 is 23.7 Å². The molecular formula is C8H10LaN2O6. The Bertz CT molecular complexity index is 320. The molecule has 2 N–H and O–H groups in total. The second-order valence-corrected chi connectivity index (χ2v) is 2.68. The van der Waals surface area contributed by atoms with E-state index in [-0.39, 0.29) is 47.4 Å². The average molecular weight is 369 g/mol. The number of carboxylic acids is 2. The molecule has 0 amide bonds. The summed E-state index contributed by atoms with van der Waals surface area (Å²) in [5.41, 5.74) is 0. The van der Waals surface area contributed by atoms with Crippen molar-refractivity contribution in [3.05, 3.63) is 0 Å². The smallest absolute Gasteiger partial charge is 0.391 e. The van der Waals surface area contributed by atoms with E-state index in [0.29, 0.717) is 26.3 Å². The van der Waals surface area contributed by atoms with Crippen LogP contribution in [0.1, 0.15) is 0 Å². The van der Waals surface area contributed by atoms with E-state index in [4.69, 9.17) is 10.2 Å². The zero-order valence-electron chi connectivity index (χ0n) is 8.83. The molecule has 1 radical (unpaired) electrons. The van der Waals surface area contributed by atoms with Gasteiger partial charge in [-0.25, -0.2) is 19.6 Å². The molecular weight excluding hydrogens is 359 g/mol. The molecule has 2 rings (SSSR count). The third kappa shape index (κ3) is 5.80. The fourth-order valence-corrected chi connectivity index (χ4v) is 0.929. The molecule has 0 aromatic heterocycles. The number of rotatable bonds is 2. The zero-order valence-corrected chi connectivity index (χ0v) is 12.5. The van der Waals surface area contributed by atoms with Crippen molar-refractivity contribution in [2.75, 3.05) is 26.3 Å². The second-order valence-electron chi connectivity index (χ2n) is 2.68. The van der Waals surface area contributed by atoms with Crippen LogP contribution in [0.2, 0.25) is 0 Å². The zero-order chi connectivity index (χ0) is 12.0. The van der Waals surface area contributed by atoms with Crippen molar-refractivity contribution in [3.8, 4) is 0 Å². The van der Waals surface area contributed by atoms with Crippen molar-refractivity contribution in [2.24, 2.45) is 9.98 Å². The van der Waals surface area contributed by atoms with E-state index < -0.39 is 11.9 Å². The van der Waals surface area contributed by atoms with Crippen LogP contribution in [0, 0.1) is 35.6 Å². The second kappa shape index (κ2) is 8.21. The number of aliphatic imine (C=N–C) groups is 2. The first kappa shape index (κ1) is 16.1. The van der Waals surface area contributed by atoms with Crippen molar-refractivity contribution in [1.29, 1.82) is 0 Å². The first-order valence-corrected chi connectivity index (χ1v) is 4.42. The van der Waals surface area contributed by atoms with E-state index in [0.717, 1.165) is 0 Å². The molecule has 0 unspecified atom stereocenters. The van der Waals surface area contributed by atoms with Gasteiger partial charge in [0.1, 0.15) is 13.2 Å². The monoisotopic (exact) mass is 369 g/mol. The van der Waals surface area contributed by atoms with Gasteiger partial charge in [-0.15, -0.1) is 0 Å². The van der Waals surface area contributed by atoms with Crippen LogP contribution in [-0.4, -0.2) is 60.3 Å². The summed E-state index contributed by atoms with van der Waals surface area (Å²) in [7, 11) is 0. The van der Waals surface area contributed by atoms with Gasteiger partial charge >= 0.3 is 11.9 Å². The van der Waals surface area contributed by atoms with Gasteiger partial charge in [-0.2, -0.15) is 0 Å². The van der Waals surface area contributed by atoms with Gasteiger partial charge in [-0.3, -0.25) is 0 Å². The van der Waals surface area contributed by atoms with Gasteiger partial charge in [-0.05, 0) is 0 Å². The molecule has 0 spiro atoms. The van der Waals surface area contributed by atoms with Gasteiger partial charge in [0, 0.05) is 35.6 Å². The Labute approximate surface area is 124 Å². The van der Waals surface area contributed by atoms with Crippen LogP contribution >= 0.6 is 0 Å². The molecule has 0 aromatic rings. The number of nitrogens with zero attached hydrogens (tertiary/aromatic N) is 2. The number of aliphatic carboxylic acids is 2. The maximum Gasteiger partial charge on any atom is 0.391 e. The van der Waals surface area contributed by atoms with E-state index in [1.54, 1.807) is 0 Å². The molecule has 17 heavy (non-hydrogen) atoms. The van der Waals surface area contributed by atoms with Crippen LogP contribution in [0.25, 0.3) is 0 Å². The number of carboxylic acid groups (broad SMARTS) is 2. The van der Waals surface area contributed by atoms with Crippen molar-refractivity contribution in [3.63, 3.8) is 0 Å². The number of carbonyl (C=O) groups is 2. The Morgan fingerprint density at radius 1 is 0.941 bits per heavy atom. The minimum absolute atomic E-state index is 0. The molecule has 0 atom stereocenters. The summed E-state index contributed by atoms with van der Waals surface area (Å²) in [5.74, 6) is -2.49. The number of ether oxygens (including phenoxy) is 2. The molecule has 2 aliphatic rings. The normalized spacial score (nSPS) is 16.2. The maximum atomic E-state index is 9.95. The van der Waals surface area contributed by atoms with Gasteiger partial charge < -0.3 is 19.7 Å². The minimum Gasteiger partial charge on any atom is -0.474 e. The summed E-state index contributed by atoms with van der Waals surface area (Å²) in [5, 5.41) is 16.3. The van der Waals surface area contributed by atoms with Crippen LogP contribution in [0.3, 0.4) is 0 Å². The summed E-state index contributed by atoms with van der Waals surface area (Å²) >= 11 is 0. The van der Waals surface area contributed by atoms with E-state index in [2.05, 4.69) is 19.5 Å². The van der Waals surface area contributed by atoms with E-state index in [1.807, 2.05) is 0 Å². The summed E-state index contributed by atoms with van der Waals surface area (Å²) < 4.78 is 9.13. The fraction of sp³-hybridized carbons (Fsp3) is 0.500. The summed E-state index contributed by atoms with van der Waals surface area (Å²) in [6, 6.07) is 0. The molecule has 0 saturated carbocycles. The van der Waals surface area contributed by atoms with Gasteiger partial charge in [0.15, 0.2) is 0 Å². The summed E-state index contributed by atoms with van der Waals surface area (Å²) in [6.07, 6.45) is 0. The van der Waals surface area contributed by atoms with Crippen molar-refractivity contribution < 1.29 is 64.9 Å². The first-order valence-electron chi connectivity index (χ1n) is 4.42. The van der Waals surface area contributed by atoms with Crippen molar-refractivity contribution in [1.82, 2.24) is 0 Å². The Balaban J connectivity index is 0.000000284. The Hall–Kier alpha value is -0.925. The molecule has 0 bridgehead atoms. The molecule has 0 fully saturated rings. The van der Waals surface area contributed by atoms with Crippen molar-refractivity contribution in [2.45, 2.75) is 0 Å². The summed E-state index contributed by atoms with van der Waals surface area (Å²) in [4.78, 5) is 27.0. The van der Waals surface area contributed by atoms with E-state index >= 15 is 0 Å². The fourth-order valence-electron chi connectivity index (χ4n) is 0.929. The average Bonchev–Trinajstić information content (AvgIpc) is 2.93. The molecule has 8 nitrogen and oxygen atoms in total. The molecule has 91 valence electrons. The SMILES string of the molecule is O=C(O)C1=NCCO1.O=C(O)C1=NCCO1.[La]. The molecule has 0 aliphatic carbocycles. The van der Waals surface area contributed by atoms with Gasteiger partial charge in [0.25, 0.3) is 11.8 Å². The summed E-state index contributed by atoms with van der Waals surface area (Å²) in [6.45, 7) is 1.76.